The molecule has 1 unspecified atom stereocenters. The van der Waals surface area contributed by atoms with Gasteiger partial charge < -0.3 is 18.9 Å². The molecule has 1 aromatic carbocycles. The van der Waals surface area contributed by atoms with Gasteiger partial charge >= 0.3 is 5.69 Å². The van der Waals surface area contributed by atoms with E-state index in [-0.39, 0.29) is 24.2 Å². The minimum atomic E-state index is -0.776. The van der Waals surface area contributed by atoms with Crippen molar-refractivity contribution in [3.63, 3.8) is 0 Å². The van der Waals surface area contributed by atoms with Gasteiger partial charge in [0.2, 0.25) is 5.88 Å². The first-order valence-electron chi connectivity index (χ1n) is 9.19. The van der Waals surface area contributed by atoms with E-state index in [9.17, 15) is 9.59 Å². The van der Waals surface area contributed by atoms with Gasteiger partial charge in [-0.05, 0) is 25.5 Å². The second-order valence-electron chi connectivity index (χ2n) is 7.53. The third-order valence-electron chi connectivity index (χ3n) is 5.14. The number of benzene rings is 1. The quantitative estimate of drug-likeness (QED) is 0.844. The van der Waals surface area contributed by atoms with Gasteiger partial charge in [0, 0.05) is 0 Å². The van der Waals surface area contributed by atoms with Crippen LogP contribution in [0.3, 0.4) is 0 Å². The smallest absolute Gasteiger partial charge is 0.333 e. The van der Waals surface area contributed by atoms with Gasteiger partial charge in [0.15, 0.2) is 12.0 Å². The summed E-state index contributed by atoms with van der Waals surface area (Å²) in [6.45, 7) is 3.80. The molecule has 0 aliphatic carbocycles. The predicted molar refractivity (Wildman–Crippen MR) is 99.9 cm³/mol. The van der Waals surface area contributed by atoms with E-state index in [0.717, 1.165) is 5.56 Å². The lowest BCUT2D eigenvalue weighted by Gasteiger charge is -2.23. The van der Waals surface area contributed by atoms with Crippen LogP contribution in [0.25, 0.3) is 12.2 Å². The Morgan fingerprint density at radius 1 is 1.11 bits per heavy atom. The molecule has 2 saturated heterocycles. The van der Waals surface area contributed by atoms with E-state index in [1.54, 1.807) is 12.2 Å². The number of hydrogen-bond donors (Lipinski definition) is 1. The molecular weight excluding hydrogens is 364 g/mol. The third kappa shape index (κ3) is 2.72. The van der Waals surface area contributed by atoms with Crippen LogP contribution in [0.1, 0.15) is 31.2 Å². The Kier molecular flexibility index (Phi) is 3.84. The zero-order chi connectivity index (χ0) is 19.5. The number of hydrogen-bond acceptors (Lipinski definition) is 6. The number of nitrogens with zero attached hydrogens (tertiary/aromatic N) is 1. The first-order valence-corrected chi connectivity index (χ1v) is 9.19. The van der Waals surface area contributed by atoms with E-state index < -0.39 is 35.5 Å². The Balaban J connectivity index is 1.61. The Morgan fingerprint density at radius 2 is 1.86 bits per heavy atom. The van der Waals surface area contributed by atoms with Gasteiger partial charge in [-0.3, -0.25) is 9.78 Å². The van der Waals surface area contributed by atoms with Crippen LogP contribution in [0, 0.1) is 0 Å². The highest BCUT2D eigenvalue weighted by molar-refractivity contribution is 5.71. The summed E-state index contributed by atoms with van der Waals surface area (Å²) in [6, 6.07) is 9.56. The van der Waals surface area contributed by atoms with Crippen LogP contribution in [0.2, 0.25) is 0 Å². The second-order valence-corrected chi connectivity index (χ2v) is 7.53. The largest absolute Gasteiger partial charge is 0.475 e. The first-order chi connectivity index (χ1) is 13.4. The molecule has 0 saturated carbocycles. The van der Waals surface area contributed by atoms with E-state index in [1.807, 2.05) is 44.2 Å². The van der Waals surface area contributed by atoms with Gasteiger partial charge in [-0.15, -0.1) is 0 Å². The number of aromatic nitrogens is 2. The summed E-state index contributed by atoms with van der Waals surface area (Å²) >= 11 is 0. The Hall–Kier alpha value is -2.68. The van der Waals surface area contributed by atoms with Crippen molar-refractivity contribution in [3.05, 3.63) is 62.3 Å². The summed E-state index contributed by atoms with van der Waals surface area (Å²) in [5, 5.41) is 0. The number of nitrogens with one attached hydrogen (secondary N) is 1. The van der Waals surface area contributed by atoms with Crippen LogP contribution in [0.15, 0.2) is 39.9 Å². The van der Waals surface area contributed by atoms with Crippen LogP contribution in [-0.2, 0) is 14.2 Å². The lowest BCUT2D eigenvalue weighted by molar-refractivity contribution is -0.195. The molecule has 2 bridgehead atoms. The zero-order valence-electron chi connectivity index (χ0n) is 15.5. The van der Waals surface area contributed by atoms with Gasteiger partial charge in [0.1, 0.15) is 30.5 Å². The van der Waals surface area contributed by atoms with Crippen LogP contribution in [0.5, 0.6) is 5.88 Å². The molecule has 28 heavy (non-hydrogen) atoms. The number of aromatic amines is 1. The second kappa shape index (κ2) is 6.16. The summed E-state index contributed by atoms with van der Waals surface area (Å²) in [5.41, 5.74) is 0.0695. The standard InChI is InChI=1S/C20H20N2O6/c1-20(2)27-14-13-10-25-17-12(9-8-11-6-4-3-5-7-11)16(23)21-19(24)22(17)18(26-13)15(14)28-20/h3-9,13-15,18H,10H2,1-2H3,(H,21,23,24)/b9-8+/t13-,14-,15-,18?/m1/s1. The fourth-order valence-electron chi connectivity index (χ4n) is 3.98. The molecule has 4 heterocycles. The number of ether oxygens (including phenoxy) is 4. The van der Waals surface area contributed by atoms with Crippen LogP contribution >= 0.6 is 0 Å². The van der Waals surface area contributed by atoms with E-state index in [4.69, 9.17) is 18.9 Å². The first kappa shape index (κ1) is 17.4. The van der Waals surface area contributed by atoms with Crippen molar-refractivity contribution >= 4 is 12.2 Å². The fraction of sp³-hybridized carbons (Fsp3) is 0.400. The molecule has 3 aliphatic rings. The molecular formula is C20H20N2O6. The zero-order valence-corrected chi connectivity index (χ0v) is 15.5. The van der Waals surface area contributed by atoms with Crippen LogP contribution in [-0.4, -0.2) is 40.3 Å². The maximum Gasteiger partial charge on any atom is 0.333 e. The van der Waals surface area contributed by atoms with Crippen LogP contribution in [0.4, 0.5) is 0 Å². The molecule has 5 rings (SSSR count). The SMILES string of the molecule is CC1(C)O[C@@H]2[C@H]3COc4c(/C=C/c5ccccc5)c(=O)[nH]c(=O)n4C(O3)[C@@H]2O1. The third-order valence-corrected chi connectivity index (χ3v) is 5.14. The Bertz CT molecular complexity index is 1050. The van der Waals surface area contributed by atoms with Gasteiger partial charge in [-0.25, -0.2) is 9.36 Å². The molecule has 1 aromatic heterocycles. The summed E-state index contributed by atoms with van der Waals surface area (Å²) in [6.07, 6.45) is 1.52. The van der Waals surface area contributed by atoms with Gasteiger partial charge in [0.25, 0.3) is 5.56 Å². The van der Waals surface area contributed by atoms with E-state index >= 15 is 0 Å². The van der Waals surface area contributed by atoms with Crippen molar-refractivity contribution in [2.24, 2.45) is 0 Å². The molecule has 0 amide bonds. The summed E-state index contributed by atoms with van der Waals surface area (Å²) < 4.78 is 25.1. The Labute approximate surface area is 160 Å². The molecule has 0 spiro atoms. The van der Waals surface area contributed by atoms with E-state index in [0.29, 0.717) is 0 Å². The topological polar surface area (TPSA) is 91.8 Å². The van der Waals surface area contributed by atoms with Crippen molar-refractivity contribution in [3.8, 4) is 5.88 Å². The number of fused-ring (bicyclic) bond motifs is 7. The molecule has 3 aliphatic heterocycles. The van der Waals surface area contributed by atoms with Crippen LogP contribution < -0.4 is 16.0 Å². The maximum atomic E-state index is 12.6. The fourth-order valence-corrected chi connectivity index (χ4v) is 3.98. The molecule has 8 heteroatoms. The van der Waals surface area contributed by atoms with Crippen molar-refractivity contribution in [1.29, 1.82) is 0 Å². The summed E-state index contributed by atoms with van der Waals surface area (Å²) in [5.74, 6) is -0.595. The summed E-state index contributed by atoms with van der Waals surface area (Å²) in [7, 11) is 0. The van der Waals surface area contributed by atoms with Crippen molar-refractivity contribution in [2.45, 2.75) is 44.2 Å². The monoisotopic (exact) mass is 384 g/mol. The average molecular weight is 384 g/mol. The molecule has 8 nitrogen and oxygen atoms in total. The molecule has 0 radical (unpaired) electrons. The van der Waals surface area contributed by atoms with Gasteiger partial charge in [-0.1, -0.05) is 36.4 Å². The molecule has 2 fully saturated rings. The lowest BCUT2D eigenvalue weighted by atomic mass is 10.1. The van der Waals surface area contributed by atoms with Crippen molar-refractivity contribution < 1.29 is 18.9 Å². The number of rotatable bonds is 2. The number of H-pyrrole nitrogens is 1. The molecule has 4 atom stereocenters. The molecule has 1 N–H and O–H groups in total. The normalized spacial score (nSPS) is 29.9. The van der Waals surface area contributed by atoms with Gasteiger partial charge in [-0.2, -0.15) is 0 Å². The lowest BCUT2D eigenvalue weighted by Crippen LogP contribution is -2.40. The highest BCUT2D eigenvalue weighted by atomic mass is 16.8. The maximum absolute atomic E-state index is 12.6. The van der Waals surface area contributed by atoms with Gasteiger partial charge in [0.05, 0.1) is 0 Å². The minimum Gasteiger partial charge on any atom is -0.475 e. The average Bonchev–Trinajstić information content (AvgIpc) is 3.04. The predicted octanol–water partition coefficient (Wildman–Crippen LogP) is 1.52. The Morgan fingerprint density at radius 3 is 2.64 bits per heavy atom. The summed E-state index contributed by atoms with van der Waals surface area (Å²) in [4.78, 5) is 27.5. The van der Waals surface area contributed by atoms with Crippen molar-refractivity contribution in [2.75, 3.05) is 6.61 Å². The highest BCUT2D eigenvalue weighted by Crippen LogP contribution is 2.45. The minimum absolute atomic E-state index is 0.159. The molecule has 2 aromatic rings. The molecule has 146 valence electrons. The van der Waals surface area contributed by atoms with Crippen molar-refractivity contribution in [1.82, 2.24) is 9.55 Å². The van der Waals surface area contributed by atoms with E-state index in [2.05, 4.69) is 4.98 Å². The van der Waals surface area contributed by atoms with E-state index in [1.165, 1.54) is 4.57 Å². The highest BCUT2D eigenvalue weighted by Gasteiger charge is 2.58.